The fourth-order valence-electron chi connectivity index (χ4n) is 0.680. The molecule has 0 rings (SSSR count). The number of ether oxygens (including phenoxy) is 1. The molecule has 0 aromatic rings. The Bertz CT molecular complexity index is 174. The molecule has 0 unspecified atom stereocenters. The van der Waals surface area contributed by atoms with Gasteiger partial charge in [-0.25, -0.2) is 0 Å². The second-order valence-corrected chi connectivity index (χ2v) is 2.35. The smallest absolute Gasteiger partial charge is 0.302 e. The normalized spacial score (nSPS) is 9.08. The minimum atomic E-state index is -0.349. The molecule has 0 aliphatic carbocycles. The monoisotopic (exact) mass is 172 g/mol. The molecule has 0 aliphatic rings. The number of carbonyl (C=O) groups is 3. The van der Waals surface area contributed by atoms with Gasteiger partial charge in [0.2, 0.25) is 0 Å². The molecule has 0 spiro atoms. The number of esters is 1. The standard InChI is InChI=1S/C8H12O4/c1-7(10)12-6-2-3-8(11)4-5-9/h5H,2-4,6H2,1H3. The van der Waals surface area contributed by atoms with Gasteiger partial charge in [0.1, 0.15) is 12.1 Å². The number of rotatable bonds is 6. The van der Waals surface area contributed by atoms with Gasteiger partial charge in [0.15, 0.2) is 0 Å². The van der Waals surface area contributed by atoms with Crippen LogP contribution in [-0.4, -0.2) is 24.6 Å². The number of hydrogen-bond acceptors (Lipinski definition) is 4. The topological polar surface area (TPSA) is 60.4 Å². The van der Waals surface area contributed by atoms with Crippen LogP contribution in [0.4, 0.5) is 0 Å². The van der Waals surface area contributed by atoms with Crippen LogP contribution < -0.4 is 0 Å². The Morgan fingerprint density at radius 3 is 2.58 bits per heavy atom. The van der Waals surface area contributed by atoms with E-state index in [9.17, 15) is 14.4 Å². The molecule has 0 radical (unpaired) electrons. The van der Waals surface area contributed by atoms with Crippen molar-refractivity contribution in [2.75, 3.05) is 6.61 Å². The molecule has 0 fully saturated rings. The summed E-state index contributed by atoms with van der Waals surface area (Å²) in [6.45, 7) is 1.56. The van der Waals surface area contributed by atoms with E-state index < -0.39 is 0 Å². The van der Waals surface area contributed by atoms with Crippen LogP contribution in [0, 0.1) is 0 Å². The Morgan fingerprint density at radius 2 is 2.08 bits per heavy atom. The van der Waals surface area contributed by atoms with Crippen LogP contribution >= 0.6 is 0 Å². The molecule has 4 nitrogen and oxygen atoms in total. The average Bonchev–Trinajstić information content (AvgIpc) is 1.98. The van der Waals surface area contributed by atoms with E-state index in [0.29, 0.717) is 19.1 Å². The Balaban J connectivity index is 3.25. The Kier molecular flexibility index (Phi) is 5.87. The van der Waals surface area contributed by atoms with Crippen molar-refractivity contribution in [3.63, 3.8) is 0 Å². The molecule has 0 bridgehead atoms. The van der Waals surface area contributed by atoms with Gasteiger partial charge in [-0.15, -0.1) is 0 Å². The average molecular weight is 172 g/mol. The molecule has 0 aliphatic heterocycles. The van der Waals surface area contributed by atoms with Gasteiger partial charge in [-0.2, -0.15) is 0 Å². The minimum Gasteiger partial charge on any atom is -0.466 e. The highest BCUT2D eigenvalue weighted by molar-refractivity contribution is 5.89. The first-order valence-electron chi connectivity index (χ1n) is 3.75. The van der Waals surface area contributed by atoms with Crippen LogP contribution in [0.2, 0.25) is 0 Å². The summed E-state index contributed by atoms with van der Waals surface area (Å²) in [6.07, 6.45) is 1.33. The summed E-state index contributed by atoms with van der Waals surface area (Å²) in [5.41, 5.74) is 0. The largest absolute Gasteiger partial charge is 0.466 e. The maximum Gasteiger partial charge on any atom is 0.302 e. The van der Waals surface area contributed by atoms with E-state index in [1.54, 1.807) is 0 Å². The van der Waals surface area contributed by atoms with E-state index in [2.05, 4.69) is 4.74 Å². The van der Waals surface area contributed by atoms with Gasteiger partial charge in [-0.1, -0.05) is 0 Å². The number of ketones is 1. The Morgan fingerprint density at radius 1 is 1.42 bits per heavy atom. The second-order valence-electron chi connectivity index (χ2n) is 2.35. The van der Waals surface area contributed by atoms with Gasteiger partial charge in [0, 0.05) is 13.3 Å². The van der Waals surface area contributed by atoms with Gasteiger partial charge < -0.3 is 9.53 Å². The molecule has 0 saturated carbocycles. The predicted octanol–water partition coefficient (Wildman–Crippen LogP) is 0.488. The van der Waals surface area contributed by atoms with E-state index >= 15 is 0 Å². The van der Waals surface area contributed by atoms with Crippen LogP contribution in [0.15, 0.2) is 0 Å². The summed E-state index contributed by atoms with van der Waals surface area (Å²) < 4.78 is 4.59. The Hall–Kier alpha value is -1.19. The summed E-state index contributed by atoms with van der Waals surface area (Å²) in [6, 6.07) is 0. The number of Topliss-reactive ketones (excluding diaryl/α,β-unsaturated/α-hetero) is 1. The Labute approximate surface area is 70.9 Å². The molecule has 12 heavy (non-hydrogen) atoms. The van der Waals surface area contributed by atoms with Crippen molar-refractivity contribution < 1.29 is 19.1 Å². The fraction of sp³-hybridized carbons (Fsp3) is 0.625. The summed E-state index contributed by atoms with van der Waals surface area (Å²) in [4.78, 5) is 30.8. The zero-order valence-electron chi connectivity index (χ0n) is 7.04. The van der Waals surface area contributed by atoms with Crippen molar-refractivity contribution >= 4 is 18.0 Å². The van der Waals surface area contributed by atoms with Crippen molar-refractivity contribution in [1.29, 1.82) is 0 Å². The summed E-state index contributed by atoms with van der Waals surface area (Å²) in [5.74, 6) is -0.463. The molecule has 0 aromatic heterocycles. The predicted molar refractivity (Wildman–Crippen MR) is 41.6 cm³/mol. The van der Waals surface area contributed by atoms with E-state index in [-0.39, 0.29) is 24.8 Å². The molecule has 4 heteroatoms. The quantitative estimate of drug-likeness (QED) is 0.253. The first-order valence-corrected chi connectivity index (χ1v) is 3.75. The van der Waals surface area contributed by atoms with Crippen LogP contribution in [0.5, 0.6) is 0 Å². The summed E-state index contributed by atoms with van der Waals surface area (Å²) in [7, 11) is 0. The molecule has 0 atom stereocenters. The fourth-order valence-corrected chi connectivity index (χ4v) is 0.680. The zero-order valence-corrected chi connectivity index (χ0v) is 7.04. The van der Waals surface area contributed by atoms with Gasteiger partial charge in [-0.3, -0.25) is 9.59 Å². The SMILES string of the molecule is CC(=O)OCCCC(=O)CC=O. The molecule has 0 heterocycles. The van der Waals surface area contributed by atoms with Crippen molar-refractivity contribution in [1.82, 2.24) is 0 Å². The van der Waals surface area contributed by atoms with Gasteiger partial charge in [0.25, 0.3) is 0 Å². The molecule has 0 amide bonds. The lowest BCUT2D eigenvalue weighted by Crippen LogP contribution is -2.04. The van der Waals surface area contributed by atoms with E-state index in [0.717, 1.165) is 0 Å². The molecular formula is C8H12O4. The minimum absolute atomic E-state index is 0.0416. The number of hydrogen-bond donors (Lipinski definition) is 0. The zero-order chi connectivity index (χ0) is 9.40. The second kappa shape index (κ2) is 6.52. The molecule has 0 aromatic carbocycles. The number of carbonyl (C=O) groups excluding carboxylic acids is 3. The molecule has 68 valence electrons. The first-order chi connectivity index (χ1) is 5.66. The van der Waals surface area contributed by atoms with E-state index in [1.807, 2.05) is 0 Å². The van der Waals surface area contributed by atoms with Gasteiger partial charge in [0.05, 0.1) is 13.0 Å². The third-order valence-corrected chi connectivity index (χ3v) is 1.22. The van der Waals surface area contributed by atoms with Crippen molar-refractivity contribution in [2.24, 2.45) is 0 Å². The third-order valence-electron chi connectivity index (χ3n) is 1.22. The maximum absolute atomic E-state index is 10.7. The highest BCUT2D eigenvalue weighted by Gasteiger charge is 2.00. The molecule has 0 N–H and O–H groups in total. The van der Waals surface area contributed by atoms with E-state index in [1.165, 1.54) is 6.92 Å². The van der Waals surface area contributed by atoms with Crippen LogP contribution in [0.1, 0.15) is 26.2 Å². The lowest BCUT2D eigenvalue weighted by molar-refractivity contribution is -0.141. The van der Waals surface area contributed by atoms with Gasteiger partial charge in [-0.05, 0) is 6.42 Å². The maximum atomic E-state index is 10.7. The van der Waals surface area contributed by atoms with E-state index in [4.69, 9.17) is 0 Å². The van der Waals surface area contributed by atoms with Crippen molar-refractivity contribution in [3.8, 4) is 0 Å². The van der Waals surface area contributed by atoms with Crippen LogP contribution in [0.25, 0.3) is 0 Å². The summed E-state index contributed by atoms with van der Waals surface area (Å²) in [5, 5.41) is 0. The summed E-state index contributed by atoms with van der Waals surface area (Å²) >= 11 is 0. The molecule has 0 saturated heterocycles. The first kappa shape index (κ1) is 10.8. The lowest BCUT2D eigenvalue weighted by atomic mass is 10.2. The highest BCUT2D eigenvalue weighted by atomic mass is 16.5. The van der Waals surface area contributed by atoms with Crippen molar-refractivity contribution in [3.05, 3.63) is 0 Å². The third kappa shape index (κ3) is 6.92. The van der Waals surface area contributed by atoms with Crippen LogP contribution in [0.3, 0.4) is 0 Å². The van der Waals surface area contributed by atoms with Crippen molar-refractivity contribution in [2.45, 2.75) is 26.2 Å². The van der Waals surface area contributed by atoms with Gasteiger partial charge >= 0.3 is 5.97 Å². The lowest BCUT2D eigenvalue weighted by Gasteiger charge is -1.99. The van der Waals surface area contributed by atoms with Crippen LogP contribution in [-0.2, 0) is 19.1 Å². The molecular weight excluding hydrogens is 160 g/mol. The highest BCUT2D eigenvalue weighted by Crippen LogP contribution is 1.94. The number of aldehydes is 1.